The molecule has 0 radical (unpaired) electrons. The second-order valence-electron chi connectivity index (χ2n) is 5.07. The summed E-state index contributed by atoms with van der Waals surface area (Å²) in [5.41, 5.74) is 8.83. The number of rotatable bonds is 6. The first kappa shape index (κ1) is 14.6. The highest BCUT2D eigenvalue weighted by molar-refractivity contribution is 6.01. The molecule has 0 aliphatic heterocycles. The van der Waals surface area contributed by atoms with Gasteiger partial charge in [-0.25, -0.2) is 4.98 Å². The Hall–Kier alpha value is -1.82. The maximum absolute atomic E-state index is 8.95. The molecular formula is C14H22N4O2. The van der Waals surface area contributed by atoms with E-state index in [4.69, 9.17) is 20.7 Å². The SMILES string of the molecule is COCCCN(C)c1nc2c(cc1C(N)=NO)CCC2. The number of aromatic nitrogens is 1. The van der Waals surface area contributed by atoms with Gasteiger partial charge in [0.15, 0.2) is 5.84 Å². The number of anilines is 1. The van der Waals surface area contributed by atoms with Crippen LogP contribution in [0.15, 0.2) is 11.2 Å². The standard InChI is InChI=1S/C14H22N4O2/c1-18(7-4-8-20-2)14-11(13(15)17-19)9-10-5-3-6-12(10)16-14/h9,19H,3-8H2,1-2H3,(H2,15,17). The summed E-state index contributed by atoms with van der Waals surface area (Å²) in [7, 11) is 3.66. The fraction of sp³-hybridized carbons (Fsp3) is 0.571. The van der Waals surface area contributed by atoms with E-state index in [0.717, 1.165) is 43.7 Å². The van der Waals surface area contributed by atoms with Gasteiger partial charge in [0.1, 0.15) is 5.82 Å². The van der Waals surface area contributed by atoms with Crippen LogP contribution in [-0.2, 0) is 17.6 Å². The van der Waals surface area contributed by atoms with Gasteiger partial charge in [-0.3, -0.25) is 0 Å². The van der Waals surface area contributed by atoms with Gasteiger partial charge in [-0.1, -0.05) is 5.16 Å². The molecule has 6 heteroatoms. The van der Waals surface area contributed by atoms with Crippen LogP contribution >= 0.6 is 0 Å². The number of fused-ring (bicyclic) bond motifs is 1. The molecule has 0 spiro atoms. The van der Waals surface area contributed by atoms with Crippen molar-refractivity contribution in [2.45, 2.75) is 25.7 Å². The first-order valence-electron chi connectivity index (χ1n) is 6.88. The summed E-state index contributed by atoms with van der Waals surface area (Å²) in [5, 5.41) is 12.1. The number of aryl methyl sites for hydroxylation is 2. The number of nitrogens with zero attached hydrogens (tertiary/aromatic N) is 3. The fourth-order valence-electron chi connectivity index (χ4n) is 2.55. The molecule has 3 N–H and O–H groups in total. The van der Waals surface area contributed by atoms with Crippen LogP contribution in [-0.4, -0.2) is 43.3 Å². The lowest BCUT2D eigenvalue weighted by Gasteiger charge is -2.22. The monoisotopic (exact) mass is 278 g/mol. The molecule has 2 rings (SSSR count). The predicted molar refractivity (Wildman–Crippen MR) is 78.5 cm³/mol. The van der Waals surface area contributed by atoms with E-state index in [-0.39, 0.29) is 5.84 Å². The second-order valence-corrected chi connectivity index (χ2v) is 5.07. The molecule has 110 valence electrons. The Kier molecular flexibility index (Phi) is 4.79. The molecule has 0 saturated heterocycles. The smallest absolute Gasteiger partial charge is 0.173 e. The summed E-state index contributed by atoms with van der Waals surface area (Å²) in [6.07, 6.45) is 4.04. The Labute approximate surface area is 119 Å². The lowest BCUT2D eigenvalue weighted by Crippen LogP contribution is -2.26. The van der Waals surface area contributed by atoms with Crippen molar-refractivity contribution < 1.29 is 9.94 Å². The molecule has 6 nitrogen and oxygen atoms in total. The van der Waals surface area contributed by atoms with Gasteiger partial charge in [0, 0.05) is 33.0 Å². The third kappa shape index (κ3) is 3.01. The summed E-state index contributed by atoms with van der Waals surface area (Å²) in [6.45, 7) is 1.51. The minimum absolute atomic E-state index is 0.112. The Morgan fingerprint density at radius 3 is 3.05 bits per heavy atom. The largest absolute Gasteiger partial charge is 0.409 e. The summed E-state index contributed by atoms with van der Waals surface area (Å²) < 4.78 is 5.07. The normalized spacial score (nSPS) is 14.4. The van der Waals surface area contributed by atoms with Gasteiger partial charge >= 0.3 is 0 Å². The molecule has 1 aromatic heterocycles. The third-order valence-electron chi connectivity index (χ3n) is 3.62. The molecular weight excluding hydrogens is 256 g/mol. The molecule has 1 aliphatic carbocycles. The quantitative estimate of drug-likeness (QED) is 0.268. The molecule has 1 heterocycles. The van der Waals surface area contributed by atoms with Gasteiger partial charge in [-0.2, -0.15) is 0 Å². The molecule has 0 atom stereocenters. The van der Waals surface area contributed by atoms with E-state index in [1.165, 1.54) is 5.56 Å². The van der Waals surface area contributed by atoms with Crippen molar-refractivity contribution in [3.8, 4) is 0 Å². The van der Waals surface area contributed by atoms with Gasteiger partial charge in [0.2, 0.25) is 0 Å². The van der Waals surface area contributed by atoms with Crippen LogP contribution in [0, 0.1) is 0 Å². The van der Waals surface area contributed by atoms with Crippen molar-refractivity contribution in [3.05, 3.63) is 22.9 Å². The van der Waals surface area contributed by atoms with Crippen molar-refractivity contribution >= 4 is 11.7 Å². The molecule has 1 aromatic rings. The van der Waals surface area contributed by atoms with E-state index >= 15 is 0 Å². The zero-order valence-electron chi connectivity index (χ0n) is 12.1. The molecule has 20 heavy (non-hydrogen) atoms. The third-order valence-corrected chi connectivity index (χ3v) is 3.62. The zero-order valence-corrected chi connectivity index (χ0v) is 12.1. The van der Waals surface area contributed by atoms with Crippen LogP contribution in [0.1, 0.15) is 29.7 Å². The van der Waals surface area contributed by atoms with Crippen LogP contribution in [0.4, 0.5) is 5.82 Å². The maximum Gasteiger partial charge on any atom is 0.173 e. The Morgan fingerprint density at radius 2 is 2.35 bits per heavy atom. The van der Waals surface area contributed by atoms with Crippen molar-refractivity contribution in [1.29, 1.82) is 0 Å². The lowest BCUT2D eigenvalue weighted by molar-refractivity contribution is 0.196. The summed E-state index contributed by atoms with van der Waals surface area (Å²) in [6, 6.07) is 2.01. The summed E-state index contributed by atoms with van der Waals surface area (Å²) >= 11 is 0. The van der Waals surface area contributed by atoms with Gasteiger partial charge in [0.25, 0.3) is 0 Å². The Balaban J connectivity index is 2.29. The maximum atomic E-state index is 8.95. The van der Waals surface area contributed by atoms with Gasteiger partial charge in [-0.15, -0.1) is 0 Å². The van der Waals surface area contributed by atoms with Crippen LogP contribution in [0.3, 0.4) is 0 Å². The van der Waals surface area contributed by atoms with E-state index < -0.39 is 0 Å². The second kappa shape index (κ2) is 6.56. The van der Waals surface area contributed by atoms with E-state index in [2.05, 4.69) is 5.16 Å². The highest BCUT2D eigenvalue weighted by atomic mass is 16.5. The van der Waals surface area contributed by atoms with Crippen molar-refractivity contribution in [3.63, 3.8) is 0 Å². The lowest BCUT2D eigenvalue weighted by atomic mass is 10.1. The Bertz CT molecular complexity index is 502. The van der Waals surface area contributed by atoms with E-state index in [0.29, 0.717) is 12.2 Å². The molecule has 0 amide bonds. The first-order valence-corrected chi connectivity index (χ1v) is 6.88. The van der Waals surface area contributed by atoms with Crippen LogP contribution in [0.5, 0.6) is 0 Å². The van der Waals surface area contributed by atoms with E-state index in [9.17, 15) is 0 Å². The number of ether oxygens (including phenoxy) is 1. The highest BCUT2D eigenvalue weighted by Crippen LogP contribution is 2.27. The number of methoxy groups -OCH3 is 1. The summed E-state index contributed by atoms with van der Waals surface area (Å²) in [5.74, 6) is 0.887. The van der Waals surface area contributed by atoms with Crippen LogP contribution < -0.4 is 10.6 Å². The average Bonchev–Trinajstić information content (AvgIpc) is 2.92. The zero-order chi connectivity index (χ0) is 14.5. The van der Waals surface area contributed by atoms with Gasteiger partial charge in [0.05, 0.1) is 5.56 Å². The molecule has 0 unspecified atom stereocenters. The molecule has 0 bridgehead atoms. The fourth-order valence-corrected chi connectivity index (χ4v) is 2.55. The van der Waals surface area contributed by atoms with Crippen LogP contribution in [0.2, 0.25) is 0 Å². The molecule has 0 fully saturated rings. The highest BCUT2D eigenvalue weighted by Gasteiger charge is 2.20. The van der Waals surface area contributed by atoms with Crippen molar-refractivity contribution in [2.24, 2.45) is 10.9 Å². The minimum atomic E-state index is 0.112. The van der Waals surface area contributed by atoms with Crippen LogP contribution in [0.25, 0.3) is 0 Å². The number of oxime groups is 1. The average molecular weight is 278 g/mol. The number of nitrogens with two attached hydrogens (primary N) is 1. The van der Waals surface area contributed by atoms with Crippen molar-refractivity contribution in [2.75, 3.05) is 32.2 Å². The number of hydrogen-bond donors (Lipinski definition) is 2. The summed E-state index contributed by atoms with van der Waals surface area (Å²) in [4.78, 5) is 6.75. The number of hydrogen-bond acceptors (Lipinski definition) is 5. The predicted octanol–water partition coefficient (Wildman–Crippen LogP) is 1.14. The number of pyridine rings is 1. The van der Waals surface area contributed by atoms with Gasteiger partial charge in [-0.05, 0) is 37.3 Å². The van der Waals surface area contributed by atoms with E-state index in [1.54, 1.807) is 7.11 Å². The number of amidine groups is 1. The van der Waals surface area contributed by atoms with Gasteiger partial charge < -0.3 is 20.6 Å². The van der Waals surface area contributed by atoms with Crippen molar-refractivity contribution in [1.82, 2.24) is 4.98 Å². The topological polar surface area (TPSA) is 84.0 Å². The molecule has 0 saturated carbocycles. The molecule has 1 aliphatic rings. The Morgan fingerprint density at radius 1 is 1.55 bits per heavy atom. The van der Waals surface area contributed by atoms with E-state index in [1.807, 2.05) is 18.0 Å². The first-order chi connectivity index (χ1) is 9.67. The minimum Gasteiger partial charge on any atom is -0.409 e. The molecule has 0 aromatic carbocycles.